The van der Waals surface area contributed by atoms with Gasteiger partial charge in [0.15, 0.2) is 0 Å². The fourth-order valence-electron chi connectivity index (χ4n) is 4.34. The van der Waals surface area contributed by atoms with Gasteiger partial charge in [0.1, 0.15) is 0 Å². The number of fused-ring (bicyclic) bond motifs is 3. The van der Waals surface area contributed by atoms with Gasteiger partial charge in [0, 0.05) is 0 Å². The van der Waals surface area contributed by atoms with Crippen LogP contribution in [0.5, 0.6) is 0 Å². The minimum Gasteiger partial charge on any atom is -1.00 e. The van der Waals surface area contributed by atoms with Gasteiger partial charge in [-0.05, 0) is 35.4 Å². The van der Waals surface area contributed by atoms with Crippen molar-refractivity contribution in [3.8, 4) is 11.1 Å². The van der Waals surface area contributed by atoms with Gasteiger partial charge < -0.3 is 24.8 Å². The Morgan fingerprint density at radius 1 is 0.824 bits per heavy atom. The van der Waals surface area contributed by atoms with Gasteiger partial charge in [0.2, 0.25) is 0 Å². The Kier molecular flexibility index (Phi) is 13.1. The van der Waals surface area contributed by atoms with Gasteiger partial charge in [0.05, 0.1) is 0 Å². The van der Waals surface area contributed by atoms with E-state index < -0.39 is 0 Å². The summed E-state index contributed by atoms with van der Waals surface area (Å²) < 4.78 is 1.51. The van der Waals surface area contributed by atoms with Gasteiger partial charge in [-0.1, -0.05) is 71.6 Å². The van der Waals surface area contributed by atoms with E-state index in [0.717, 1.165) is 6.42 Å². The third-order valence-electron chi connectivity index (χ3n) is 5.64. The number of aryl methyl sites for hydroxylation is 2. The van der Waals surface area contributed by atoms with Gasteiger partial charge in [-0.25, -0.2) is 12.1 Å². The molecule has 0 nitrogen and oxygen atoms in total. The quantitative estimate of drug-likeness (QED) is 0.283. The van der Waals surface area contributed by atoms with E-state index in [2.05, 4.69) is 93.5 Å². The van der Waals surface area contributed by atoms with Crippen LogP contribution in [0, 0.1) is 19.9 Å². The predicted molar refractivity (Wildman–Crippen MR) is 139 cm³/mol. The van der Waals surface area contributed by atoms with Crippen LogP contribution in [-0.2, 0) is 41.5 Å². The second-order valence-electron chi connectivity index (χ2n) is 11.2. The van der Waals surface area contributed by atoms with Gasteiger partial charge in [-0.3, -0.25) is 0 Å². The standard InChI is InChI=1S/C23H29.C5H5.C3H6.2ClH.Zr/c1-14-9-16-11-17-10-15(2)21(23(6,7)8)13-19(17)18(16)12-20(14)22(3,4)5;1-2-4-5-3-1;1-3-2;;;/h9,12-13H,11H2,1-8H3;1-5H;1-2H3;2*1H;/q2*-1;;;;+2/p-2. The van der Waals surface area contributed by atoms with Crippen LogP contribution in [0.2, 0.25) is 0 Å². The van der Waals surface area contributed by atoms with Crippen LogP contribution < -0.4 is 24.8 Å². The van der Waals surface area contributed by atoms with Crippen molar-refractivity contribution < 1.29 is 49.0 Å². The molecule has 3 heteroatoms. The molecule has 0 radical (unpaired) electrons. The minimum absolute atomic E-state index is 0. The Bertz CT molecular complexity index is 974. The number of halogens is 2. The van der Waals surface area contributed by atoms with Crippen LogP contribution in [0.4, 0.5) is 0 Å². The van der Waals surface area contributed by atoms with E-state index in [1.807, 2.05) is 30.3 Å². The van der Waals surface area contributed by atoms with Crippen molar-refractivity contribution in [2.75, 3.05) is 0 Å². The van der Waals surface area contributed by atoms with Crippen molar-refractivity contribution in [3.63, 3.8) is 0 Å². The van der Waals surface area contributed by atoms with Crippen LogP contribution in [0.25, 0.3) is 11.1 Å². The molecule has 0 saturated heterocycles. The SMILES string of the molecule is C[C](C)=[Zr+2].Cc1[c-]c2c(cc1C(C)(C)C)-c1cc(C(C)(C)C)c(C)cc1C2.[Cl-].[Cl-].c1cc[cH-]c1. The van der Waals surface area contributed by atoms with Crippen LogP contribution in [0.15, 0.2) is 48.5 Å². The minimum atomic E-state index is 0. The maximum absolute atomic E-state index is 3.69. The third-order valence-corrected chi connectivity index (χ3v) is 5.64. The Hall–Kier alpha value is -0.877. The van der Waals surface area contributed by atoms with Gasteiger partial charge in [-0.2, -0.15) is 35.9 Å². The summed E-state index contributed by atoms with van der Waals surface area (Å²) in [4.78, 5) is 0. The molecule has 1 aliphatic carbocycles. The van der Waals surface area contributed by atoms with Gasteiger partial charge in [0.25, 0.3) is 0 Å². The molecule has 0 fully saturated rings. The van der Waals surface area contributed by atoms with E-state index in [1.54, 1.807) is 24.2 Å². The number of benzene rings is 2. The first-order valence-corrected chi connectivity index (χ1v) is 12.8. The monoisotopic (exact) mass is 572 g/mol. The maximum Gasteiger partial charge on any atom is -0.0129 e. The summed E-state index contributed by atoms with van der Waals surface area (Å²) in [5.74, 6) is 0. The molecule has 34 heavy (non-hydrogen) atoms. The molecule has 184 valence electrons. The Balaban J connectivity index is 0.000000840. The summed E-state index contributed by atoms with van der Waals surface area (Å²) in [5.41, 5.74) is 11.6. The second-order valence-corrected chi connectivity index (χ2v) is 13.6. The summed E-state index contributed by atoms with van der Waals surface area (Å²) in [7, 11) is 0. The molecule has 0 saturated carbocycles. The zero-order valence-electron chi connectivity index (χ0n) is 22.6. The molecule has 0 bridgehead atoms. The summed E-state index contributed by atoms with van der Waals surface area (Å²) in [6.45, 7) is 22.5. The van der Waals surface area contributed by atoms with Crippen LogP contribution in [-0.4, -0.2) is 3.21 Å². The summed E-state index contributed by atoms with van der Waals surface area (Å²) >= 11 is 1.55. The molecule has 0 heterocycles. The predicted octanol–water partition coefficient (Wildman–Crippen LogP) is 2.43. The number of rotatable bonds is 0. The van der Waals surface area contributed by atoms with E-state index in [1.165, 1.54) is 47.7 Å². The van der Waals surface area contributed by atoms with Crippen molar-refractivity contribution in [1.82, 2.24) is 0 Å². The van der Waals surface area contributed by atoms with E-state index in [-0.39, 0.29) is 35.6 Å². The van der Waals surface area contributed by atoms with Crippen molar-refractivity contribution >= 4 is 3.21 Å². The van der Waals surface area contributed by atoms with Crippen molar-refractivity contribution in [2.24, 2.45) is 0 Å². The van der Waals surface area contributed by atoms with Crippen LogP contribution in [0.3, 0.4) is 0 Å². The Morgan fingerprint density at radius 3 is 1.71 bits per heavy atom. The summed E-state index contributed by atoms with van der Waals surface area (Å²) in [6, 6.07) is 20.9. The molecular weight excluding hydrogens is 534 g/mol. The Morgan fingerprint density at radius 2 is 1.29 bits per heavy atom. The Labute approximate surface area is 236 Å². The first-order chi connectivity index (χ1) is 14.7. The van der Waals surface area contributed by atoms with Gasteiger partial charge in [-0.15, -0.1) is 16.7 Å². The third kappa shape index (κ3) is 8.97. The first-order valence-electron chi connectivity index (χ1n) is 11.6. The zero-order valence-corrected chi connectivity index (χ0v) is 26.6. The molecule has 3 aromatic carbocycles. The molecule has 0 aliphatic heterocycles. The van der Waals surface area contributed by atoms with E-state index in [9.17, 15) is 0 Å². The van der Waals surface area contributed by atoms with Gasteiger partial charge >= 0.3 is 41.3 Å². The van der Waals surface area contributed by atoms with E-state index >= 15 is 0 Å². The van der Waals surface area contributed by atoms with E-state index in [4.69, 9.17) is 0 Å². The maximum atomic E-state index is 3.69. The number of hydrogen-bond acceptors (Lipinski definition) is 0. The fourth-order valence-corrected chi connectivity index (χ4v) is 4.34. The van der Waals surface area contributed by atoms with Crippen molar-refractivity contribution in [3.05, 3.63) is 88.0 Å². The molecule has 1 aliphatic rings. The normalized spacial score (nSPS) is 11.4. The summed E-state index contributed by atoms with van der Waals surface area (Å²) in [6.07, 6.45) is 1.03. The fraction of sp³-hybridized carbons (Fsp3) is 0.419. The zero-order chi connectivity index (χ0) is 24.3. The topological polar surface area (TPSA) is 0 Å². The smallest absolute Gasteiger partial charge is 0.0129 e. The largest absolute Gasteiger partial charge is 1.00 e. The molecular formula is C31H40Cl2Zr-2. The molecule has 0 aromatic heterocycles. The van der Waals surface area contributed by atoms with Crippen LogP contribution in [0.1, 0.15) is 88.8 Å². The first kappa shape index (κ1) is 33.1. The second kappa shape index (κ2) is 13.4. The van der Waals surface area contributed by atoms with Crippen molar-refractivity contribution in [2.45, 2.75) is 86.5 Å². The molecule has 4 rings (SSSR count). The van der Waals surface area contributed by atoms with Crippen molar-refractivity contribution in [1.29, 1.82) is 0 Å². The number of hydrogen-bond donors (Lipinski definition) is 0. The molecule has 0 amide bonds. The summed E-state index contributed by atoms with van der Waals surface area (Å²) in [5, 5.41) is 0. The average Bonchev–Trinajstić information content (AvgIpc) is 3.28. The molecule has 0 atom stereocenters. The molecule has 3 aromatic rings. The van der Waals surface area contributed by atoms with Crippen LogP contribution >= 0.6 is 0 Å². The molecule has 0 unspecified atom stereocenters. The molecule has 0 spiro atoms. The van der Waals surface area contributed by atoms with E-state index in [0.29, 0.717) is 0 Å². The molecule has 0 N–H and O–H groups in total. The average molecular weight is 575 g/mol.